The van der Waals surface area contributed by atoms with Crippen LogP contribution in [-0.2, 0) is 7.05 Å². The van der Waals surface area contributed by atoms with Crippen molar-refractivity contribution in [3.8, 4) is 0 Å². The Morgan fingerprint density at radius 3 is 2.67 bits per heavy atom. The van der Waals surface area contributed by atoms with E-state index in [9.17, 15) is 9.90 Å². The van der Waals surface area contributed by atoms with Crippen molar-refractivity contribution >= 4 is 16.8 Å². The standard InChI is InChI=1S/C19H27N3O2/c1-13-7-6-8-15-14(2)17(21(5)16(13)15)18(23)22-10-9-19(24,12-22)11-20(3)4/h6-8,24H,9-12H2,1-5H3/t19-/m1/s1. The number of aryl methyl sites for hydroxylation is 3. The molecule has 1 aromatic carbocycles. The number of fused-ring (bicyclic) bond motifs is 1. The predicted octanol–water partition coefficient (Wildman–Crippen LogP) is 1.93. The average Bonchev–Trinajstić information content (AvgIpc) is 2.98. The Bertz CT molecular complexity index is 793. The summed E-state index contributed by atoms with van der Waals surface area (Å²) >= 11 is 0. The lowest BCUT2D eigenvalue weighted by Crippen LogP contribution is -2.43. The quantitative estimate of drug-likeness (QED) is 0.936. The van der Waals surface area contributed by atoms with Gasteiger partial charge in [-0.25, -0.2) is 0 Å². The van der Waals surface area contributed by atoms with Gasteiger partial charge in [-0.3, -0.25) is 4.79 Å². The minimum atomic E-state index is -0.812. The summed E-state index contributed by atoms with van der Waals surface area (Å²) in [5.74, 6) is 0.0141. The van der Waals surface area contributed by atoms with Gasteiger partial charge in [0.1, 0.15) is 5.69 Å². The van der Waals surface area contributed by atoms with Crippen LogP contribution < -0.4 is 0 Å². The maximum absolute atomic E-state index is 13.1. The van der Waals surface area contributed by atoms with Crippen LogP contribution in [0.5, 0.6) is 0 Å². The van der Waals surface area contributed by atoms with E-state index in [0.29, 0.717) is 26.1 Å². The number of amides is 1. The zero-order valence-corrected chi connectivity index (χ0v) is 15.3. The number of carbonyl (C=O) groups excluding carboxylic acids is 1. The summed E-state index contributed by atoms with van der Waals surface area (Å²) in [6.07, 6.45) is 0.624. The first-order chi connectivity index (χ1) is 11.2. The third-order valence-corrected chi connectivity index (χ3v) is 5.10. The van der Waals surface area contributed by atoms with Crippen molar-refractivity contribution in [2.75, 3.05) is 33.7 Å². The molecule has 1 saturated heterocycles. The molecule has 1 amide bonds. The first-order valence-corrected chi connectivity index (χ1v) is 8.44. The molecule has 2 heterocycles. The number of nitrogens with zero attached hydrogens (tertiary/aromatic N) is 3. The van der Waals surface area contributed by atoms with Gasteiger partial charge in [0.2, 0.25) is 0 Å². The summed E-state index contributed by atoms with van der Waals surface area (Å²) < 4.78 is 2.01. The van der Waals surface area contributed by atoms with Gasteiger partial charge >= 0.3 is 0 Å². The Labute approximate surface area is 143 Å². The molecule has 130 valence electrons. The number of likely N-dealkylation sites (tertiary alicyclic amines) is 1. The number of aromatic nitrogens is 1. The lowest BCUT2D eigenvalue weighted by Gasteiger charge is -2.26. The van der Waals surface area contributed by atoms with Crippen LogP contribution in [0.25, 0.3) is 10.9 Å². The van der Waals surface area contributed by atoms with Gasteiger partial charge in [0.05, 0.1) is 17.7 Å². The van der Waals surface area contributed by atoms with Gasteiger partial charge in [0, 0.05) is 25.5 Å². The molecule has 0 spiro atoms. The molecule has 1 aliphatic heterocycles. The van der Waals surface area contributed by atoms with Gasteiger partial charge in [-0.2, -0.15) is 0 Å². The Balaban J connectivity index is 1.95. The molecular formula is C19H27N3O2. The number of likely N-dealkylation sites (N-methyl/N-ethyl adjacent to an activating group) is 1. The largest absolute Gasteiger partial charge is 0.387 e. The number of aliphatic hydroxyl groups is 1. The fourth-order valence-electron chi connectivity index (χ4n) is 4.10. The van der Waals surface area contributed by atoms with Gasteiger partial charge in [-0.05, 0) is 45.5 Å². The van der Waals surface area contributed by atoms with E-state index >= 15 is 0 Å². The zero-order chi connectivity index (χ0) is 17.6. The first-order valence-electron chi connectivity index (χ1n) is 8.44. The normalized spacial score (nSPS) is 21.2. The van der Waals surface area contributed by atoms with E-state index in [1.807, 2.05) is 43.6 Å². The lowest BCUT2D eigenvalue weighted by atomic mass is 10.0. The van der Waals surface area contributed by atoms with Crippen molar-refractivity contribution < 1.29 is 9.90 Å². The monoisotopic (exact) mass is 329 g/mol. The molecule has 0 radical (unpaired) electrons. The van der Waals surface area contributed by atoms with Gasteiger partial charge in [-0.15, -0.1) is 0 Å². The highest BCUT2D eigenvalue weighted by Gasteiger charge is 2.39. The maximum Gasteiger partial charge on any atom is 0.270 e. The molecule has 0 saturated carbocycles. The van der Waals surface area contributed by atoms with E-state index in [1.54, 1.807) is 4.90 Å². The number of carbonyl (C=O) groups is 1. The predicted molar refractivity (Wildman–Crippen MR) is 96.4 cm³/mol. The van der Waals surface area contributed by atoms with Crippen molar-refractivity contribution in [2.24, 2.45) is 7.05 Å². The summed E-state index contributed by atoms with van der Waals surface area (Å²) in [6.45, 7) is 5.65. The number of hydrogen-bond acceptors (Lipinski definition) is 3. The lowest BCUT2D eigenvalue weighted by molar-refractivity contribution is 0.0234. The second-order valence-corrected chi connectivity index (χ2v) is 7.44. The van der Waals surface area contributed by atoms with Crippen LogP contribution in [0, 0.1) is 13.8 Å². The van der Waals surface area contributed by atoms with Gasteiger partial charge in [-0.1, -0.05) is 18.2 Å². The Morgan fingerprint density at radius 2 is 2.04 bits per heavy atom. The van der Waals surface area contributed by atoms with Crippen LogP contribution in [0.15, 0.2) is 18.2 Å². The molecule has 1 fully saturated rings. The summed E-state index contributed by atoms with van der Waals surface area (Å²) in [5.41, 5.74) is 3.22. The minimum Gasteiger partial charge on any atom is -0.387 e. The third kappa shape index (κ3) is 2.72. The third-order valence-electron chi connectivity index (χ3n) is 5.10. The molecule has 1 aliphatic rings. The van der Waals surface area contributed by atoms with Crippen molar-refractivity contribution in [3.63, 3.8) is 0 Å². The molecule has 0 bridgehead atoms. The maximum atomic E-state index is 13.1. The molecule has 1 N–H and O–H groups in total. The SMILES string of the molecule is Cc1c(C(=O)N2CC[C@@](O)(CN(C)C)C2)n(C)c2c(C)cccc12. The molecule has 1 aromatic heterocycles. The molecule has 3 rings (SSSR count). The van der Waals surface area contributed by atoms with E-state index in [0.717, 1.165) is 22.2 Å². The number of benzene rings is 1. The summed E-state index contributed by atoms with van der Waals surface area (Å²) in [6, 6.07) is 6.17. The Hall–Kier alpha value is -1.85. The number of para-hydroxylation sites is 1. The van der Waals surface area contributed by atoms with Crippen LogP contribution in [0.3, 0.4) is 0 Å². The Kier molecular flexibility index (Phi) is 4.18. The van der Waals surface area contributed by atoms with Gasteiger partial charge in [0.15, 0.2) is 0 Å². The molecule has 5 heteroatoms. The van der Waals surface area contributed by atoms with E-state index in [-0.39, 0.29) is 5.91 Å². The molecule has 1 atom stereocenters. The number of hydrogen-bond donors (Lipinski definition) is 1. The van der Waals surface area contributed by atoms with Crippen molar-refractivity contribution in [1.82, 2.24) is 14.4 Å². The second-order valence-electron chi connectivity index (χ2n) is 7.44. The van der Waals surface area contributed by atoms with Crippen LogP contribution in [0.1, 0.15) is 28.0 Å². The van der Waals surface area contributed by atoms with Gasteiger partial charge in [0.25, 0.3) is 5.91 Å². The average molecular weight is 329 g/mol. The molecule has 0 unspecified atom stereocenters. The van der Waals surface area contributed by atoms with E-state index in [2.05, 4.69) is 19.1 Å². The summed E-state index contributed by atoms with van der Waals surface area (Å²) in [5, 5.41) is 11.8. The fourth-order valence-corrected chi connectivity index (χ4v) is 4.10. The molecule has 24 heavy (non-hydrogen) atoms. The highest BCUT2D eigenvalue weighted by atomic mass is 16.3. The number of rotatable bonds is 3. The van der Waals surface area contributed by atoms with Crippen LogP contribution in [0.2, 0.25) is 0 Å². The van der Waals surface area contributed by atoms with E-state index < -0.39 is 5.60 Å². The molecule has 2 aromatic rings. The highest BCUT2D eigenvalue weighted by Crippen LogP contribution is 2.30. The Morgan fingerprint density at radius 1 is 1.33 bits per heavy atom. The van der Waals surface area contributed by atoms with E-state index in [1.165, 1.54) is 5.56 Å². The minimum absolute atomic E-state index is 0.0141. The highest BCUT2D eigenvalue weighted by molar-refractivity contribution is 6.02. The fraction of sp³-hybridized carbons (Fsp3) is 0.526. The van der Waals surface area contributed by atoms with Crippen LogP contribution >= 0.6 is 0 Å². The summed E-state index contributed by atoms with van der Waals surface area (Å²) in [4.78, 5) is 16.9. The van der Waals surface area contributed by atoms with E-state index in [4.69, 9.17) is 0 Å². The topological polar surface area (TPSA) is 48.7 Å². The number of β-amino-alcohol motifs (C(OH)–C–C–N with tert-alkyl or cyclic N) is 1. The molecule has 0 aliphatic carbocycles. The van der Waals surface area contributed by atoms with Crippen LogP contribution in [-0.4, -0.2) is 64.7 Å². The van der Waals surface area contributed by atoms with Crippen molar-refractivity contribution in [1.29, 1.82) is 0 Å². The summed E-state index contributed by atoms with van der Waals surface area (Å²) in [7, 11) is 5.84. The molecular weight excluding hydrogens is 302 g/mol. The first kappa shape index (κ1) is 17.0. The van der Waals surface area contributed by atoms with Gasteiger partial charge < -0.3 is 19.5 Å². The van der Waals surface area contributed by atoms with Crippen LogP contribution in [0.4, 0.5) is 0 Å². The van der Waals surface area contributed by atoms with Crippen molar-refractivity contribution in [3.05, 3.63) is 35.0 Å². The molecule has 5 nitrogen and oxygen atoms in total. The van der Waals surface area contributed by atoms with Crippen molar-refractivity contribution in [2.45, 2.75) is 25.9 Å². The smallest absolute Gasteiger partial charge is 0.270 e. The zero-order valence-electron chi connectivity index (χ0n) is 15.3. The second kappa shape index (κ2) is 5.90.